The largest absolute Gasteiger partial charge is 0.494 e. The second-order valence-electron chi connectivity index (χ2n) is 8.99. The normalized spacial score (nSPS) is 11.1. The summed E-state index contributed by atoms with van der Waals surface area (Å²) in [4.78, 5) is 25.3. The minimum atomic E-state index is -1.12. The topological polar surface area (TPSA) is 68.5 Å². The summed E-state index contributed by atoms with van der Waals surface area (Å²) >= 11 is 0. The zero-order chi connectivity index (χ0) is 24.3. The molecule has 0 atom stereocenters. The van der Waals surface area contributed by atoms with Crippen LogP contribution in [-0.4, -0.2) is 28.0 Å². The number of aromatic carboxylic acids is 1. The standard InChI is InChI=1S/C29H37NO4/c1-3-4-5-6-7-8-9-10-11-14-20-34-23-17-15-16-22(21-23)28(31)26-24-18-12-13-19-25(24)30(2)27(26)29(32)33/h12-13,15-19,21H,3-11,14,20H2,1-2H3,(H,32,33). The van der Waals surface area contributed by atoms with Gasteiger partial charge in [0.15, 0.2) is 5.78 Å². The van der Waals surface area contributed by atoms with E-state index in [-0.39, 0.29) is 17.0 Å². The highest BCUT2D eigenvalue weighted by atomic mass is 16.5. The number of carboxylic acids is 1. The third-order valence-electron chi connectivity index (χ3n) is 6.40. The maximum atomic E-state index is 13.4. The smallest absolute Gasteiger partial charge is 0.353 e. The number of fused-ring (bicyclic) bond motifs is 1. The van der Waals surface area contributed by atoms with Crippen LogP contribution in [0.5, 0.6) is 5.75 Å². The van der Waals surface area contributed by atoms with Crippen molar-refractivity contribution in [2.24, 2.45) is 7.05 Å². The number of nitrogens with zero attached hydrogens (tertiary/aromatic N) is 1. The molecule has 0 saturated carbocycles. The van der Waals surface area contributed by atoms with Gasteiger partial charge in [0.25, 0.3) is 0 Å². The zero-order valence-electron chi connectivity index (χ0n) is 20.5. The maximum absolute atomic E-state index is 13.4. The number of hydrogen-bond acceptors (Lipinski definition) is 3. The molecule has 1 aromatic heterocycles. The number of carboxylic acid groups (broad SMARTS) is 1. The lowest BCUT2D eigenvalue weighted by Crippen LogP contribution is -2.12. The molecule has 5 heteroatoms. The molecule has 0 aliphatic rings. The number of ether oxygens (including phenoxy) is 1. The van der Waals surface area contributed by atoms with Crippen LogP contribution >= 0.6 is 0 Å². The van der Waals surface area contributed by atoms with Gasteiger partial charge < -0.3 is 14.4 Å². The second-order valence-corrected chi connectivity index (χ2v) is 8.99. The first-order chi connectivity index (χ1) is 16.5. The summed E-state index contributed by atoms with van der Waals surface area (Å²) in [5.74, 6) is -0.784. The molecule has 0 fully saturated rings. The van der Waals surface area contributed by atoms with Crippen molar-refractivity contribution >= 4 is 22.7 Å². The molecule has 34 heavy (non-hydrogen) atoms. The Bertz CT molecular complexity index is 1100. The van der Waals surface area contributed by atoms with Crippen LogP contribution in [0.15, 0.2) is 48.5 Å². The van der Waals surface area contributed by atoms with Crippen molar-refractivity contribution in [3.8, 4) is 5.75 Å². The summed E-state index contributed by atoms with van der Waals surface area (Å²) in [7, 11) is 1.68. The Kier molecular flexibility index (Phi) is 9.75. The number of aromatic nitrogens is 1. The van der Waals surface area contributed by atoms with E-state index in [1.54, 1.807) is 35.9 Å². The lowest BCUT2D eigenvalue weighted by molar-refractivity contribution is 0.0683. The molecule has 3 rings (SSSR count). The van der Waals surface area contributed by atoms with Gasteiger partial charge in [0, 0.05) is 23.5 Å². The quantitative estimate of drug-likeness (QED) is 0.188. The van der Waals surface area contributed by atoms with Crippen molar-refractivity contribution in [3.05, 3.63) is 65.4 Å². The van der Waals surface area contributed by atoms with Gasteiger partial charge in [-0.1, -0.05) is 95.0 Å². The van der Waals surface area contributed by atoms with Gasteiger partial charge in [0.2, 0.25) is 0 Å². The van der Waals surface area contributed by atoms with Gasteiger partial charge in [0.1, 0.15) is 11.4 Å². The fraction of sp³-hybridized carbons (Fsp3) is 0.448. The molecule has 1 N–H and O–H groups in total. The van der Waals surface area contributed by atoms with Crippen LogP contribution in [0, 0.1) is 0 Å². The monoisotopic (exact) mass is 463 g/mol. The van der Waals surface area contributed by atoms with E-state index in [9.17, 15) is 14.7 Å². The number of rotatable bonds is 15. The number of carbonyl (C=O) groups is 2. The lowest BCUT2D eigenvalue weighted by atomic mass is 10.00. The molecule has 2 aromatic carbocycles. The van der Waals surface area contributed by atoms with E-state index in [0.29, 0.717) is 23.3 Å². The summed E-state index contributed by atoms with van der Waals surface area (Å²) in [6.07, 6.45) is 12.7. The summed E-state index contributed by atoms with van der Waals surface area (Å²) in [5, 5.41) is 10.4. The number of para-hydroxylation sites is 1. The van der Waals surface area contributed by atoms with Crippen LogP contribution in [0.3, 0.4) is 0 Å². The van der Waals surface area contributed by atoms with Crippen molar-refractivity contribution in [1.29, 1.82) is 0 Å². The van der Waals surface area contributed by atoms with E-state index in [1.165, 1.54) is 51.4 Å². The van der Waals surface area contributed by atoms with Crippen LogP contribution in [-0.2, 0) is 7.05 Å². The van der Waals surface area contributed by atoms with Crippen LogP contribution in [0.4, 0.5) is 0 Å². The van der Waals surface area contributed by atoms with Gasteiger partial charge in [-0.15, -0.1) is 0 Å². The molecule has 0 radical (unpaired) electrons. The molecule has 0 bridgehead atoms. The van der Waals surface area contributed by atoms with E-state index < -0.39 is 5.97 Å². The molecule has 1 heterocycles. The third kappa shape index (κ3) is 6.49. The summed E-state index contributed by atoms with van der Waals surface area (Å²) < 4.78 is 7.47. The fourth-order valence-corrected chi connectivity index (χ4v) is 4.52. The summed E-state index contributed by atoms with van der Waals surface area (Å²) in [6, 6.07) is 14.3. The van der Waals surface area contributed by atoms with Crippen molar-refractivity contribution in [2.75, 3.05) is 6.61 Å². The number of benzene rings is 2. The molecular formula is C29H37NO4. The zero-order valence-corrected chi connectivity index (χ0v) is 20.5. The maximum Gasteiger partial charge on any atom is 0.353 e. The molecule has 0 amide bonds. The van der Waals surface area contributed by atoms with Gasteiger partial charge in [-0.25, -0.2) is 4.79 Å². The Labute approximate surface area is 202 Å². The second kappa shape index (κ2) is 13.0. The Balaban J connectivity index is 1.55. The van der Waals surface area contributed by atoms with E-state index >= 15 is 0 Å². The van der Waals surface area contributed by atoms with Crippen molar-refractivity contribution < 1.29 is 19.4 Å². The van der Waals surface area contributed by atoms with Crippen LogP contribution in [0.25, 0.3) is 10.9 Å². The van der Waals surface area contributed by atoms with Crippen LogP contribution in [0.1, 0.15) is 97.5 Å². The number of ketones is 1. The molecule has 0 aliphatic carbocycles. The first-order valence-electron chi connectivity index (χ1n) is 12.6. The molecule has 0 saturated heterocycles. The van der Waals surface area contributed by atoms with Gasteiger partial charge in [-0.3, -0.25) is 4.79 Å². The Hall–Kier alpha value is -3.08. The van der Waals surface area contributed by atoms with Gasteiger partial charge in [-0.2, -0.15) is 0 Å². The third-order valence-corrected chi connectivity index (χ3v) is 6.40. The molecule has 182 valence electrons. The Morgan fingerprint density at radius 2 is 1.50 bits per heavy atom. The van der Waals surface area contributed by atoms with Gasteiger partial charge in [0.05, 0.1) is 12.2 Å². The van der Waals surface area contributed by atoms with Gasteiger partial charge >= 0.3 is 5.97 Å². The SMILES string of the molecule is CCCCCCCCCCCCOc1cccc(C(=O)c2c(C(=O)O)n(C)c3ccccc23)c1. The first kappa shape index (κ1) is 25.5. The first-order valence-corrected chi connectivity index (χ1v) is 12.6. The van der Waals surface area contributed by atoms with E-state index in [1.807, 2.05) is 24.3 Å². The number of unbranched alkanes of at least 4 members (excludes halogenated alkanes) is 9. The predicted molar refractivity (Wildman–Crippen MR) is 137 cm³/mol. The predicted octanol–water partition coefficient (Wildman–Crippen LogP) is 7.41. The average molecular weight is 464 g/mol. The lowest BCUT2D eigenvalue weighted by Gasteiger charge is -2.08. The Morgan fingerprint density at radius 3 is 2.18 bits per heavy atom. The summed E-state index contributed by atoms with van der Waals surface area (Å²) in [6.45, 7) is 2.86. The van der Waals surface area contributed by atoms with Crippen molar-refractivity contribution in [2.45, 2.75) is 71.1 Å². The van der Waals surface area contributed by atoms with E-state index in [4.69, 9.17) is 4.74 Å². The molecule has 0 spiro atoms. The van der Waals surface area contributed by atoms with E-state index in [0.717, 1.165) is 18.4 Å². The fourth-order valence-electron chi connectivity index (χ4n) is 4.52. The average Bonchev–Trinajstić information content (AvgIpc) is 3.15. The number of carbonyl (C=O) groups excluding carboxylic acids is 1. The van der Waals surface area contributed by atoms with Crippen LogP contribution < -0.4 is 4.74 Å². The van der Waals surface area contributed by atoms with Crippen LogP contribution in [0.2, 0.25) is 0 Å². The molecular weight excluding hydrogens is 426 g/mol. The molecule has 5 nitrogen and oxygen atoms in total. The Morgan fingerprint density at radius 1 is 0.853 bits per heavy atom. The molecule has 0 unspecified atom stereocenters. The minimum Gasteiger partial charge on any atom is -0.494 e. The number of hydrogen-bond donors (Lipinski definition) is 1. The van der Waals surface area contributed by atoms with Gasteiger partial charge in [-0.05, 0) is 24.6 Å². The highest BCUT2D eigenvalue weighted by Crippen LogP contribution is 2.28. The van der Waals surface area contributed by atoms with Crippen molar-refractivity contribution in [3.63, 3.8) is 0 Å². The molecule has 0 aliphatic heterocycles. The summed E-state index contributed by atoms with van der Waals surface area (Å²) in [5.41, 5.74) is 1.37. The molecule has 3 aromatic rings. The van der Waals surface area contributed by atoms with Crippen molar-refractivity contribution in [1.82, 2.24) is 4.57 Å². The van der Waals surface area contributed by atoms with E-state index in [2.05, 4.69) is 6.92 Å². The highest BCUT2D eigenvalue weighted by Gasteiger charge is 2.26. The minimum absolute atomic E-state index is 0.00267. The number of aryl methyl sites for hydroxylation is 1. The highest BCUT2D eigenvalue weighted by molar-refractivity contribution is 6.21.